The first-order valence-electron chi connectivity index (χ1n) is 7.54. The van der Waals surface area contributed by atoms with Crippen LogP contribution in [0.5, 0.6) is 0 Å². The molecule has 6 heteroatoms. The third-order valence-electron chi connectivity index (χ3n) is 4.05. The van der Waals surface area contributed by atoms with Gasteiger partial charge in [-0.1, -0.05) is 18.1 Å². The van der Waals surface area contributed by atoms with Crippen LogP contribution in [0.1, 0.15) is 40.2 Å². The summed E-state index contributed by atoms with van der Waals surface area (Å²) in [5, 5.41) is 9.85. The molecule has 2 aromatic heterocycles. The largest absolute Gasteiger partial charge is 2.00 e. The molecule has 128 valence electrons. The predicted molar refractivity (Wildman–Crippen MR) is 96.1 cm³/mol. The summed E-state index contributed by atoms with van der Waals surface area (Å²) in [4.78, 5) is 19.1. The van der Waals surface area contributed by atoms with Crippen LogP contribution in [0, 0.1) is 25.2 Å². The van der Waals surface area contributed by atoms with Crippen LogP contribution in [0.25, 0.3) is 0 Å². The number of aromatic nitrogens is 2. The molecule has 0 fully saturated rings. The number of rotatable bonds is 0. The summed E-state index contributed by atoms with van der Waals surface area (Å²) in [6, 6.07) is 7.66. The quantitative estimate of drug-likeness (QED) is 0.333. The van der Waals surface area contributed by atoms with Crippen molar-refractivity contribution in [3.05, 3.63) is 65.6 Å². The summed E-state index contributed by atoms with van der Waals surface area (Å²) < 4.78 is 0. The van der Waals surface area contributed by atoms with Gasteiger partial charge in [-0.3, -0.25) is 14.8 Å². The number of fused-ring (bicyclic) bond motifs is 2. The van der Waals surface area contributed by atoms with E-state index in [4.69, 9.17) is 12.8 Å². The third kappa shape index (κ3) is 5.15. The topological polar surface area (TPSA) is 63.1 Å². The van der Waals surface area contributed by atoms with Crippen molar-refractivity contribution in [2.24, 2.45) is 0 Å². The number of halogens is 1. The van der Waals surface area contributed by atoms with Crippen molar-refractivity contribution in [1.29, 1.82) is 0 Å². The third-order valence-corrected chi connectivity index (χ3v) is 4.05. The van der Waals surface area contributed by atoms with Crippen molar-refractivity contribution in [1.82, 2.24) is 9.97 Å². The molecule has 0 aromatic carbocycles. The number of terminal acetylenes is 2. The maximum absolute atomic E-state index is 11.0. The summed E-state index contributed by atoms with van der Waals surface area (Å²) in [6.07, 6.45) is 20.5. The van der Waals surface area contributed by atoms with E-state index in [2.05, 4.69) is 22.3 Å². The number of hydrogen-bond donors (Lipinski definition) is 1. The molecule has 0 amide bonds. The molecule has 26 heavy (non-hydrogen) atoms. The fraction of sp³-hybridized carbons (Fsp3) is 0.250. The zero-order valence-corrected chi connectivity index (χ0v) is 17.3. The van der Waals surface area contributed by atoms with Gasteiger partial charge in [0.25, 0.3) is 0 Å². The molecule has 1 atom stereocenters. The average molecular weight is 422 g/mol. The van der Waals surface area contributed by atoms with Gasteiger partial charge in [-0.15, -0.1) is 6.42 Å². The minimum Gasteiger partial charge on any atom is -1.00 e. The van der Waals surface area contributed by atoms with Crippen LogP contribution in [0.15, 0.2) is 36.7 Å². The number of nitrogens with zero attached hydrogens (tertiary/aromatic N) is 2. The van der Waals surface area contributed by atoms with Crippen molar-refractivity contribution in [2.75, 3.05) is 0 Å². The summed E-state index contributed by atoms with van der Waals surface area (Å²) in [7, 11) is 0. The fourth-order valence-electron chi connectivity index (χ4n) is 2.85. The van der Waals surface area contributed by atoms with Gasteiger partial charge in [0, 0.05) is 18.8 Å². The first-order chi connectivity index (χ1) is 11.6. The summed E-state index contributed by atoms with van der Waals surface area (Å²) >= 11 is 0. The SMILES string of the molecule is C#CC1(O)CCc2cccnc21.O=C1CCc2cccnc21.[Br-].[C-]#C.[Mg+2]. The molecular weight excluding hydrogens is 404 g/mol. The first kappa shape index (κ1) is 24.3. The van der Waals surface area contributed by atoms with Crippen molar-refractivity contribution >= 4 is 28.8 Å². The van der Waals surface area contributed by atoms with Gasteiger partial charge in [-0.25, -0.2) is 0 Å². The molecule has 2 aromatic rings. The molecule has 2 aliphatic rings. The van der Waals surface area contributed by atoms with E-state index >= 15 is 0 Å². The van der Waals surface area contributed by atoms with E-state index in [0.717, 1.165) is 24.0 Å². The van der Waals surface area contributed by atoms with E-state index in [1.807, 2.05) is 24.3 Å². The molecule has 0 bridgehead atoms. The van der Waals surface area contributed by atoms with E-state index in [1.165, 1.54) is 0 Å². The smallest absolute Gasteiger partial charge is 1.00 e. The minimum atomic E-state index is -1.11. The second-order valence-electron chi connectivity index (χ2n) is 5.45. The predicted octanol–water partition coefficient (Wildman–Crippen LogP) is -1.11. The van der Waals surface area contributed by atoms with Gasteiger partial charge in [-0.05, 0) is 42.5 Å². The number of aryl methyl sites for hydroxylation is 2. The van der Waals surface area contributed by atoms with Gasteiger partial charge < -0.3 is 34.9 Å². The summed E-state index contributed by atoms with van der Waals surface area (Å²) in [5.41, 5.74) is 2.40. The van der Waals surface area contributed by atoms with Crippen LogP contribution in [-0.4, -0.2) is 43.9 Å². The van der Waals surface area contributed by atoms with Gasteiger partial charge >= 0.3 is 23.1 Å². The number of pyridine rings is 2. The standard InChI is InChI=1S/C10H9NO.C8H7NO.C2H.BrH.Mg/c1-2-10(12)6-5-8-4-3-7-11-9(8)10;10-7-4-3-6-2-1-5-9-8(6)7;1-2;;/h1,3-4,7,12H,5-6H2;1-2,5H,3-4H2;1H;1H;/q;;-1;;+2/p-1. The molecule has 2 heterocycles. The summed E-state index contributed by atoms with van der Waals surface area (Å²) in [6.45, 7) is 0. The second-order valence-corrected chi connectivity index (χ2v) is 5.45. The summed E-state index contributed by atoms with van der Waals surface area (Å²) in [5.74, 6) is 2.58. The van der Waals surface area contributed by atoms with E-state index in [1.54, 1.807) is 12.4 Å². The molecule has 0 radical (unpaired) electrons. The zero-order valence-electron chi connectivity index (χ0n) is 14.3. The molecule has 0 aliphatic heterocycles. The molecule has 0 saturated carbocycles. The van der Waals surface area contributed by atoms with Gasteiger partial charge in [0.2, 0.25) is 0 Å². The Hall–Kier alpha value is -1.70. The van der Waals surface area contributed by atoms with Crippen molar-refractivity contribution in [3.63, 3.8) is 0 Å². The minimum absolute atomic E-state index is 0. The number of aliphatic hydroxyl groups is 1. The molecule has 0 saturated heterocycles. The first-order valence-corrected chi connectivity index (χ1v) is 7.54. The van der Waals surface area contributed by atoms with Gasteiger partial charge in [-0.2, -0.15) is 0 Å². The van der Waals surface area contributed by atoms with Crippen molar-refractivity contribution in [3.8, 4) is 18.8 Å². The maximum Gasteiger partial charge on any atom is 2.00 e. The van der Waals surface area contributed by atoms with E-state index < -0.39 is 5.60 Å². The van der Waals surface area contributed by atoms with E-state index in [-0.39, 0.29) is 45.8 Å². The maximum atomic E-state index is 11.0. The Morgan fingerprint density at radius 1 is 1.08 bits per heavy atom. The number of carbonyl (C=O) groups is 1. The van der Waals surface area contributed by atoms with Gasteiger partial charge in [0.05, 0.1) is 5.69 Å². The molecule has 2 aliphatic carbocycles. The van der Waals surface area contributed by atoms with Gasteiger partial charge in [0.15, 0.2) is 11.4 Å². The van der Waals surface area contributed by atoms with Crippen LogP contribution in [0.3, 0.4) is 0 Å². The Balaban J connectivity index is 0.000000414. The monoisotopic (exact) mass is 420 g/mol. The molecular formula is C20H17BrMgN2O2. The van der Waals surface area contributed by atoms with Crippen LogP contribution < -0.4 is 17.0 Å². The Labute approximate surface area is 180 Å². The Bertz CT molecular complexity index is 817. The molecule has 4 nitrogen and oxygen atoms in total. The number of carbonyl (C=O) groups excluding carboxylic acids is 1. The van der Waals surface area contributed by atoms with E-state index in [0.29, 0.717) is 24.2 Å². The van der Waals surface area contributed by atoms with Crippen molar-refractivity contribution < 1.29 is 26.9 Å². The van der Waals surface area contributed by atoms with Crippen LogP contribution in [0.2, 0.25) is 0 Å². The molecule has 1 N–H and O–H groups in total. The number of hydrogen-bond acceptors (Lipinski definition) is 4. The molecule has 0 spiro atoms. The zero-order chi connectivity index (χ0) is 17.6. The Kier molecular flexibility index (Phi) is 10.4. The van der Waals surface area contributed by atoms with Crippen LogP contribution in [0.4, 0.5) is 0 Å². The van der Waals surface area contributed by atoms with E-state index in [9.17, 15) is 9.90 Å². The van der Waals surface area contributed by atoms with Crippen molar-refractivity contribution in [2.45, 2.75) is 31.3 Å². The molecule has 4 rings (SSSR count). The van der Waals surface area contributed by atoms with Crippen LogP contribution >= 0.6 is 0 Å². The number of Topliss-reactive ketones (excluding diaryl/α,β-unsaturated/α-hetero) is 1. The second kappa shape index (κ2) is 11.1. The fourth-order valence-corrected chi connectivity index (χ4v) is 2.85. The normalized spacial score (nSPS) is 18.2. The van der Waals surface area contributed by atoms with Gasteiger partial charge in [0.1, 0.15) is 5.69 Å². The Morgan fingerprint density at radius 2 is 1.69 bits per heavy atom. The van der Waals surface area contributed by atoms with Crippen LogP contribution in [-0.2, 0) is 18.4 Å². The Morgan fingerprint density at radius 3 is 2.31 bits per heavy atom. The average Bonchev–Trinajstić information content (AvgIpc) is 3.20. The molecule has 1 unspecified atom stereocenters. The number of ketones is 1.